The van der Waals surface area contributed by atoms with E-state index in [0.29, 0.717) is 87.5 Å². The first-order valence-corrected chi connectivity index (χ1v) is 51.9. The van der Waals surface area contributed by atoms with Crippen LogP contribution in [0.2, 0.25) is 15.1 Å². The minimum Gasteiger partial charge on any atom is -0.481 e. The summed E-state index contributed by atoms with van der Waals surface area (Å²) in [4.78, 5) is 66.5. The topological polar surface area (TPSA) is 355 Å². The molecule has 37 heteroatoms. The van der Waals surface area contributed by atoms with Crippen LogP contribution in [0, 0.1) is 29.4 Å². The number of pyridine rings is 3. The second-order valence-corrected chi connectivity index (χ2v) is 43.6. The number of anilines is 2. The van der Waals surface area contributed by atoms with Crippen molar-refractivity contribution in [2.24, 2.45) is 11.7 Å². The SMILES string of the molecule is CCc1cc(-c2cc(F)c(CS(=O)(=O)c3ccccc3Cl)nc2OC)cc2cnc(F)nc12.CCc1cc(-c2cc(F)c(CS(=O)(=O)c3ccccc3Cl)nc2OC)cc2cnc(NC3CCC(CC)CC3)nc12.CCc1cc(-c2cc(F)c(CS(=O)(=O)c3ccccc3Cl)nc2OC)cc2cnc(NC3CCC(N(C)C(=O)OC(C)(C)C)CC3)nc12.CN(C(=O)OC(C)(C)C)C1CCC(N)CC1. The maximum Gasteiger partial charge on any atom is 0.410 e. The molecule has 0 saturated heterocycles. The number of nitrogens with zero attached hydrogens (tertiary/aromatic N) is 11. The third-order valence-electron chi connectivity index (χ3n) is 24.4. The summed E-state index contributed by atoms with van der Waals surface area (Å²) >= 11 is 18.2. The van der Waals surface area contributed by atoms with Gasteiger partial charge in [-0.25, -0.2) is 92.9 Å². The van der Waals surface area contributed by atoms with Crippen molar-refractivity contribution in [3.05, 3.63) is 218 Å². The molecule has 6 aromatic carbocycles. The molecule has 138 heavy (non-hydrogen) atoms. The van der Waals surface area contributed by atoms with Gasteiger partial charge in [0.25, 0.3) is 0 Å². The van der Waals surface area contributed by atoms with Crippen LogP contribution in [-0.4, -0.2) is 169 Å². The van der Waals surface area contributed by atoms with Gasteiger partial charge >= 0.3 is 18.3 Å². The zero-order chi connectivity index (χ0) is 100. The number of hydrogen-bond donors (Lipinski definition) is 3. The molecule has 3 aliphatic carbocycles. The standard InChI is InChI=1S/C35H41ClFN5O5S.C31H34ClFN4O3S.C23H18ClF2N3O3S.C12H24N2O2/c1-7-21-16-22(26-18-28(37)29(40-32(26)46-6)20-48(44,45)30-11-9-8-10-27(30)36)17-23-19-38-33(41-31(21)23)39-24-12-14-25(15-13-24)42(5)34(43)47-35(2,3)4;1-4-19-10-12-23(13-11-19)35-31-34-17-22-15-21(14-20(5-2)29(22)37-31)24-16-26(33)27(36-30(24)40-3)18-41(38,39)28-9-7-6-8-25(28)32;1-3-13-8-14(9-15-11-27-23(26)29-21(13)15)16-10-18(25)19(28-22(16)32-2)12-33(30,31)20-7-5-4-6-17(20)24;1-12(2,3)16-11(15)14(4)10-7-5-9(13)6-8-10/h8-11,16-19,24-25H,7,12-15,20H2,1-6H3,(H,38,39,41);6-9,14-17,19,23H,4-5,10-13,18H2,1-3H3,(H,34,35,37);4-11H,3,12H2,1-2H3;9-10H,5-8,13H2,1-4H3. The average molecular weight is 2010 g/mol. The third-order valence-corrected chi connectivity index (χ3v) is 30.8. The Morgan fingerprint density at radius 2 is 0.732 bits per heavy atom. The summed E-state index contributed by atoms with van der Waals surface area (Å²) in [7, 11) is -4.07. The number of carbonyl (C=O) groups excluding carboxylic acids is 2. The van der Waals surface area contributed by atoms with E-state index in [1.165, 1.54) is 107 Å². The van der Waals surface area contributed by atoms with Crippen LogP contribution < -0.4 is 30.6 Å². The van der Waals surface area contributed by atoms with Gasteiger partial charge in [-0.05, 0) is 268 Å². The fourth-order valence-electron chi connectivity index (χ4n) is 17.0. The maximum absolute atomic E-state index is 15.5. The summed E-state index contributed by atoms with van der Waals surface area (Å²) in [6, 6.07) is 34.0. The third kappa shape index (κ3) is 26.6. The molecule has 0 atom stereocenters. The first-order chi connectivity index (χ1) is 65.4. The quantitative estimate of drug-likeness (QED) is 0.0353. The van der Waals surface area contributed by atoms with Gasteiger partial charge in [0.15, 0.2) is 29.5 Å². The molecule has 12 aromatic rings. The van der Waals surface area contributed by atoms with E-state index in [2.05, 4.69) is 52.4 Å². The molecule has 0 aliphatic heterocycles. The van der Waals surface area contributed by atoms with E-state index in [9.17, 15) is 39.2 Å². The molecule has 0 bridgehead atoms. The maximum atomic E-state index is 15.5. The number of aromatic nitrogens is 9. The van der Waals surface area contributed by atoms with Gasteiger partial charge in [-0.15, -0.1) is 0 Å². The molecular formula is C101H117Cl3F4N14O13S3. The van der Waals surface area contributed by atoms with Crippen LogP contribution in [0.4, 0.5) is 39.0 Å². The van der Waals surface area contributed by atoms with E-state index >= 15 is 13.2 Å². The molecule has 6 heterocycles. The molecule has 27 nitrogen and oxygen atoms in total. The highest BCUT2D eigenvalue weighted by atomic mass is 35.5. The summed E-state index contributed by atoms with van der Waals surface area (Å²) < 4.78 is 164. The number of amides is 2. The minimum atomic E-state index is -3.97. The number of hydrogen-bond acceptors (Lipinski definition) is 25. The second-order valence-electron chi connectivity index (χ2n) is 36.5. The molecule has 3 saturated carbocycles. The smallest absolute Gasteiger partial charge is 0.410 e. The number of aryl methyl sites for hydroxylation is 3. The van der Waals surface area contributed by atoms with Gasteiger partial charge in [0.2, 0.25) is 29.5 Å². The highest BCUT2D eigenvalue weighted by molar-refractivity contribution is 7.91. The summed E-state index contributed by atoms with van der Waals surface area (Å²) in [6.45, 7) is 19.4. The van der Waals surface area contributed by atoms with E-state index in [1.54, 1.807) is 71.7 Å². The Bertz CT molecular complexity index is 6790. The molecule has 0 unspecified atom stereocenters. The Kier molecular flexibility index (Phi) is 35.0. The van der Waals surface area contributed by atoms with E-state index in [-0.39, 0.29) is 94.8 Å². The molecule has 15 rings (SSSR count). The largest absolute Gasteiger partial charge is 0.481 e. The predicted octanol–water partition coefficient (Wildman–Crippen LogP) is 22.3. The number of fused-ring (bicyclic) bond motifs is 3. The van der Waals surface area contributed by atoms with Crippen LogP contribution in [-0.2, 0) is 75.5 Å². The van der Waals surface area contributed by atoms with Crippen LogP contribution in [0.1, 0.15) is 186 Å². The van der Waals surface area contributed by atoms with E-state index in [0.717, 1.165) is 109 Å². The van der Waals surface area contributed by atoms with Crippen LogP contribution in [0.3, 0.4) is 0 Å². The number of rotatable bonds is 25. The van der Waals surface area contributed by atoms with Crippen molar-refractivity contribution in [2.75, 3.05) is 46.1 Å². The van der Waals surface area contributed by atoms with Gasteiger partial charge in [-0.1, -0.05) is 105 Å². The van der Waals surface area contributed by atoms with Gasteiger partial charge in [0.05, 0.1) is 84.7 Å². The molecule has 0 radical (unpaired) electrons. The van der Waals surface area contributed by atoms with Crippen LogP contribution in [0.15, 0.2) is 161 Å². The molecule has 6 aromatic heterocycles. The van der Waals surface area contributed by atoms with E-state index in [1.807, 2.05) is 93.6 Å². The highest BCUT2D eigenvalue weighted by Crippen LogP contribution is 2.42. The van der Waals surface area contributed by atoms with Crippen LogP contribution in [0.25, 0.3) is 66.1 Å². The lowest BCUT2D eigenvalue weighted by Crippen LogP contribution is -2.44. The van der Waals surface area contributed by atoms with Crippen LogP contribution in [0.5, 0.6) is 17.6 Å². The Hall–Kier alpha value is -11.3. The number of halogens is 7. The molecule has 3 aliphatic rings. The fraction of sp³-hybridized carbons (Fsp3) is 0.416. The van der Waals surface area contributed by atoms with Crippen molar-refractivity contribution < 1.29 is 76.1 Å². The minimum absolute atomic E-state index is 0.0448. The van der Waals surface area contributed by atoms with Gasteiger partial charge in [0.1, 0.15) is 45.9 Å². The predicted molar refractivity (Wildman–Crippen MR) is 531 cm³/mol. The molecule has 0 spiro atoms. The van der Waals surface area contributed by atoms with Crippen LogP contribution >= 0.6 is 34.8 Å². The summed E-state index contributed by atoms with van der Waals surface area (Å²) in [6.07, 6.45) is 18.7. The van der Waals surface area contributed by atoms with Gasteiger partial charge < -0.3 is 49.9 Å². The monoisotopic (exact) mass is 2010 g/mol. The zero-order valence-corrected chi connectivity index (χ0v) is 84.6. The summed E-state index contributed by atoms with van der Waals surface area (Å²) in [5.74, 6) is -2.14. The Balaban J connectivity index is 0.000000174. The Morgan fingerprint density at radius 3 is 1.04 bits per heavy atom. The molecular weight excluding hydrogens is 1900 g/mol. The number of sulfone groups is 3. The lowest BCUT2D eigenvalue weighted by molar-refractivity contribution is 0.0174. The number of methoxy groups -OCH3 is 3. The first-order valence-electron chi connectivity index (χ1n) is 45.8. The van der Waals surface area contributed by atoms with Crippen molar-refractivity contribution in [3.63, 3.8) is 0 Å². The van der Waals surface area contributed by atoms with Gasteiger partial charge in [-0.3, -0.25) is 0 Å². The fourth-order valence-corrected chi connectivity index (χ4v) is 22.5. The van der Waals surface area contributed by atoms with E-state index in [4.69, 9.17) is 74.2 Å². The average Bonchev–Trinajstić information content (AvgIpc) is 0.768. The molecule has 4 N–H and O–H groups in total. The Morgan fingerprint density at radius 1 is 0.428 bits per heavy atom. The number of carbonyl (C=O) groups is 2. The number of benzene rings is 6. The van der Waals surface area contributed by atoms with Crippen molar-refractivity contribution >= 4 is 121 Å². The zero-order valence-electron chi connectivity index (χ0n) is 79.9. The number of ether oxygens (including phenoxy) is 5. The Labute approximate surface area is 818 Å². The van der Waals surface area contributed by atoms with Crippen molar-refractivity contribution in [1.82, 2.24) is 54.7 Å². The van der Waals surface area contributed by atoms with Gasteiger partial charge in [0, 0.05) is 95.7 Å². The molecule has 736 valence electrons. The van der Waals surface area contributed by atoms with Crippen molar-refractivity contribution in [3.8, 4) is 51.0 Å². The summed E-state index contributed by atoms with van der Waals surface area (Å²) in [5.41, 5.74) is 11.8. The summed E-state index contributed by atoms with van der Waals surface area (Å²) in [5, 5.41) is 9.30. The normalized spacial score (nSPS) is 16.9. The van der Waals surface area contributed by atoms with Crippen molar-refractivity contribution in [2.45, 2.75) is 245 Å². The lowest BCUT2D eigenvalue weighted by Gasteiger charge is -2.35. The highest BCUT2D eigenvalue weighted by Gasteiger charge is 2.34. The second kappa shape index (κ2) is 45.8. The molecule has 3 fully saturated rings. The number of nitrogens with one attached hydrogen (secondary N) is 2. The molecule has 2 amide bonds. The lowest BCUT2D eigenvalue weighted by atomic mass is 9.85. The first kappa shape index (κ1) is 106. The van der Waals surface area contributed by atoms with Gasteiger partial charge in [-0.2, -0.15) is 4.39 Å². The van der Waals surface area contributed by atoms with Crippen molar-refractivity contribution in [1.29, 1.82) is 0 Å². The number of nitrogens with two attached hydrogens (primary N) is 1. The van der Waals surface area contributed by atoms with E-state index < -0.39 is 81.5 Å².